The largest absolute Gasteiger partial charge is 0.346 e. The number of carbonyl (C=O) groups excluding carboxylic acids is 1. The van der Waals surface area contributed by atoms with Gasteiger partial charge in [0.25, 0.3) is 5.91 Å². The molecule has 31 heavy (non-hydrogen) atoms. The molecule has 2 aromatic carbocycles. The molecule has 2 aromatic heterocycles. The van der Waals surface area contributed by atoms with Crippen molar-refractivity contribution in [2.24, 2.45) is 0 Å². The van der Waals surface area contributed by atoms with E-state index >= 15 is 0 Å². The summed E-state index contributed by atoms with van der Waals surface area (Å²) >= 11 is 6.26. The second kappa shape index (κ2) is 8.97. The van der Waals surface area contributed by atoms with E-state index in [1.807, 2.05) is 41.1 Å². The van der Waals surface area contributed by atoms with Crippen LogP contribution in [0, 0.1) is 6.92 Å². The minimum atomic E-state index is -0.534. The highest BCUT2D eigenvalue weighted by atomic mass is 35.5. The Labute approximate surface area is 183 Å². The number of rotatable bonds is 6. The maximum atomic E-state index is 12.7. The summed E-state index contributed by atoms with van der Waals surface area (Å²) in [5, 5.41) is 7.52. The van der Waals surface area contributed by atoms with E-state index in [1.165, 1.54) is 10.7 Å². The Balaban J connectivity index is 1.48. The highest BCUT2D eigenvalue weighted by molar-refractivity contribution is 6.32. The van der Waals surface area contributed by atoms with Gasteiger partial charge in [-0.1, -0.05) is 48.0 Å². The van der Waals surface area contributed by atoms with Crippen molar-refractivity contribution in [3.05, 3.63) is 111 Å². The highest BCUT2D eigenvalue weighted by Gasteiger charge is 2.16. The molecule has 1 N–H and O–H groups in total. The molecule has 0 aliphatic carbocycles. The van der Waals surface area contributed by atoms with E-state index in [0.717, 1.165) is 17.7 Å². The Hall–Kier alpha value is -3.71. The van der Waals surface area contributed by atoms with E-state index in [2.05, 4.69) is 15.4 Å². The van der Waals surface area contributed by atoms with Crippen LogP contribution in [0.1, 0.15) is 27.3 Å². The fourth-order valence-electron chi connectivity index (χ4n) is 3.19. The maximum Gasteiger partial charge on any atom is 0.276 e. The van der Waals surface area contributed by atoms with E-state index < -0.39 is 11.3 Å². The first-order valence-electron chi connectivity index (χ1n) is 9.69. The van der Waals surface area contributed by atoms with Crippen LogP contribution in [-0.4, -0.2) is 25.2 Å². The van der Waals surface area contributed by atoms with Crippen molar-refractivity contribution >= 4 is 17.5 Å². The van der Waals surface area contributed by atoms with Gasteiger partial charge in [-0.2, -0.15) is 5.10 Å². The van der Waals surface area contributed by atoms with Crippen molar-refractivity contribution in [1.82, 2.24) is 24.6 Å². The number of halogens is 1. The summed E-state index contributed by atoms with van der Waals surface area (Å²) in [6.07, 6.45) is 5.40. The lowest BCUT2D eigenvalue weighted by Gasteiger charge is -2.12. The Morgan fingerprint density at radius 1 is 1.10 bits per heavy atom. The topological polar surface area (TPSA) is 81.8 Å². The van der Waals surface area contributed by atoms with Gasteiger partial charge in [-0.25, -0.2) is 9.67 Å². The fourth-order valence-corrected chi connectivity index (χ4v) is 3.41. The number of hydrogen-bond acceptors (Lipinski definition) is 4. The summed E-state index contributed by atoms with van der Waals surface area (Å²) < 4.78 is 3.48. The lowest BCUT2D eigenvalue weighted by molar-refractivity contribution is 0.0943. The van der Waals surface area contributed by atoms with Crippen molar-refractivity contribution in [3.8, 4) is 5.69 Å². The van der Waals surface area contributed by atoms with Crippen molar-refractivity contribution in [3.63, 3.8) is 0 Å². The molecule has 0 fully saturated rings. The molecule has 2 heterocycles. The molecule has 0 spiro atoms. The first kappa shape index (κ1) is 20.6. The molecule has 4 rings (SSSR count). The first-order valence-corrected chi connectivity index (χ1v) is 10.1. The number of aromatic nitrogens is 4. The zero-order valence-electron chi connectivity index (χ0n) is 16.8. The number of amides is 1. The summed E-state index contributed by atoms with van der Waals surface area (Å²) in [7, 11) is 0. The molecule has 0 unspecified atom stereocenters. The van der Waals surface area contributed by atoms with Gasteiger partial charge in [-0.3, -0.25) is 9.59 Å². The van der Waals surface area contributed by atoms with Crippen LogP contribution in [0.25, 0.3) is 5.69 Å². The van der Waals surface area contributed by atoms with Gasteiger partial charge < -0.3 is 9.88 Å². The quantitative estimate of drug-likeness (QED) is 0.505. The molecule has 0 atom stereocenters. The monoisotopic (exact) mass is 433 g/mol. The molecular weight excluding hydrogens is 414 g/mol. The van der Waals surface area contributed by atoms with Crippen LogP contribution in [0.5, 0.6) is 0 Å². The predicted molar refractivity (Wildman–Crippen MR) is 119 cm³/mol. The Morgan fingerprint density at radius 2 is 1.84 bits per heavy atom. The van der Waals surface area contributed by atoms with Gasteiger partial charge in [0.2, 0.25) is 5.43 Å². The van der Waals surface area contributed by atoms with Gasteiger partial charge in [-0.05, 0) is 30.2 Å². The van der Waals surface area contributed by atoms with Crippen molar-refractivity contribution in [1.29, 1.82) is 0 Å². The van der Waals surface area contributed by atoms with Gasteiger partial charge in [0.15, 0.2) is 5.69 Å². The van der Waals surface area contributed by atoms with Crippen LogP contribution in [0.4, 0.5) is 0 Å². The van der Waals surface area contributed by atoms with Crippen molar-refractivity contribution in [2.45, 2.75) is 20.0 Å². The molecule has 8 heteroatoms. The maximum absolute atomic E-state index is 12.7. The Morgan fingerprint density at radius 3 is 2.55 bits per heavy atom. The molecule has 0 saturated carbocycles. The van der Waals surface area contributed by atoms with Crippen LogP contribution in [-0.2, 0) is 13.1 Å². The normalized spacial score (nSPS) is 10.8. The number of nitrogens with one attached hydrogen (secondary N) is 1. The molecule has 0 saturated heterocycles. The van der Waals surface area contributed by atoms with E-state index in [9.17, 15) is 9.59 Å². The SMILES string of the molecule is Cc1cc(=O)c(C(=O)NCc2ccc(Cn3ccnc3)cc2)nn1-c1ccccc1Cl. The van der Waals surface area contributed by atoms with E-state index in [-0.39, 0.29) is 12.2 Å². The number of imidazole rings is 1. The minimum Gasteiger partial charge on any atom is -0.346 e. The molecule has 0 aliphatic rings. The summed E-state index contributed by atoms with van der Waals surface area (Å²) in [5.41, 5.74) is 2.61. The third-order valence-corrected chi connectivity index (χ3v) is 5.12. The summed E-state index contributed by atoms with van der Waals surface area (Å²) in [6.45, 7) is 2.75. The zero-order chi connectivity index (χ0) is 21.8. The zero-order valence-corrected chi connectivity index (χ0v) is 17.6. The predicted octanol–water partition coefficient (Wildman–Crippen LogP) is 3.37. The van der Waals surface area contributed by atoms with Gasteiger partial charge in [-0.15, -0.1) is 0 Å². The van der Waals surface area contributed by atoms with Crippen LogP contribution in [0.15, 0.2) is 78.1 Å². The number of benzene rings is 2. The van der Waals surface area contributed by atoms with Crippen molar-refractivity contribution in [2.75, 3.05) is 0 Å². The van der Waals surface area contributed by atoms with Gasteiger partial charge in [0, 0.05) is 37.2 Å². The van der Waals surface area contributed by atoms with Crippen LogP contribution in [0.2, 0.25) is 5.02 Å². The number of hydrogen-bond donors (Lipinski definition) is 1. The molecular formula is C23H20ClN5O2. The molecule has 1 amide bonds. The lowest BCUT2D eigenvalue weighted by atomic mass is 10.1. The molecule has 0 aliphatic heterocycles. The van der Waals surface area contributed by atoms with Gasteiger partial charge >= 0.3 is 0 Å². The summed E-state index contributed by atoms with van der Waals surface area (Å²) in [5.74, 6) is -0.534. The fraction of sp³-hybridized carbons (Fsp3) is 0.130. The Bertz CT molecular complexity index is 1260. The molecule has 156 valence electrons. The summed E-state index contributed by atoms with van der Waals surface area (Å²) in [6, 6.07) is 16.4. The number of carbonyl (C=O) groups is 1. The van der Waals surface area contributed by atoms with E-state index in [0.29, 0.717) is 16.4 Å². The lowest BCUT2D eigenvalue weighted by Crippen LogP contribution is -2.31. The second-order valence-electron chi connectivity index (χ2n) is 7.10. The first-order chi connectivity index (χ1) is 15.0. The average Bonchev–Trinajstić information content (AvgIpc) is 3.27. The third kappa shape index (κ3) is 4.73. The van der Waals surface area contributed by atoms with Crippen LogP contribution < -0.4 is 10.7 Å². The van der Waals surface area contributed by atoms with Crippen LogP contribution in [0.3, 0.4) is 0 Å². The van der Waals surface area contributed by atoms with Gasteiger partial charge in [0.1, 0.15) is 0 Å². The second-order valence-corrected chi connectivity index (χ2v) is 7.50. The summed E-state index contributed by atoms with van der Waals surface area (Å²) in [4.78, 5) is 29.1. The number of nitrogens with zero attached hydrogens (tertiary/aromatic N) is 4. The van der Waals surface area contributed by atoms with Gasteiger partial charge in [0.05, 0.1) is 17.0 Å². The molecule has 0 bridgehead atoms. The average molecular weight is 434 g/mol. The number of para-hydroxylation sites is 1. The third-order valence-electron chi connectivity index (χ3n) is 4.80. The van der Waals surface area contributed by atoms with Crippen molar-refractivity contribution < 1.29 is 4.79 Å². The smallest absolute Gasteiger partial charge is 0.276 e. The molecule has 7 nitrogen and oxygen atoms in total. The molecule has 0 radical (unpaired) electrons. The standard InChI is InChI=1S/C23H20ClN5O2/c1-16-12-21(30)22(27-29(16)20-5-3-2-4-19(20)24)23(31)26-13-17-6-8-18(9-7-17)14-28-11-10-25-15-28/h2-12,15H,13-14H2,1H3,(H,26,31). The molecule has 4 aromatic rings. The van der Waals surface area contributed by atoms with Crippen LogP contribution >= 0.6 is 11.6 Å². The van der Waals surface area contributed by atoms with E-state index in [4.69, 9.17) is 11.6 Å². The Kier molecular flexibility index (Phi) is 5.95. The number of aryl methyl sites for hydroxylation is 1. The minimum absolute atomic E-state index is 0.178. The van der Waals surface area contributed by atoms with E-state index in [1.54, 1.807) is 37.6 Å². The highest BCUT2D eigenvalue weighted by Crippen LogP contribution is 2.19.